The van der Waals surface area contributed by atoms with Gasteiger partial charge >= 0.3 is 5.97 Å². The second kappa shape index (κ2) is 8.07. The molecule has 0 unspecified atom stereocenters. The van der Waals surface area contributed by atoms with Crippen molar-refractivity contribution in [2.45, 2.75) is 13.8 Å². The van der Waals surface area contributed by atoms with Gasteiger partial charge in [-0.2, -0.15) is 0 Å². The summed E-state index contributed by atoms with van der Waals surface area (Å²) in [5.41, 5.74) is 5.33. The van der Waals surface area contributed by atoms with Crippen LogP contribution < -0.4 is 4.90 Å². The Labute approximate surface area is 190 Å². The molecule has 8 heteroatoms. The Morgan fingerprint density at radius 3 is 2.62 bits per heavy atom. The molecule has 2 aromatic carbocycles. The van der Waals surface area contributed by atoms with E-state index in [1.807, 2.05) is 44.2 Å². The van der Waals surface area contributed by atoms with Crippen LogP contribution >= 0.6 is 11.6 Å². The van der Waals surface area contributed by atoms with Crippen molar-refractivity contribution in [1.82, 2.24) is 14.5 Å². The van der Waals surface area contributed by atoms with Crippen molar-refractivity contribution < 1.29 is 14.3 Å². The first-order valence-electron chi connectivity index (χ1n) is 10.5. The first-order chi connectivity index (χ1) is 15.5. The van der Waals surface area contributed by atoms with Crippen molar-refractivity contribution in [3.63, 3.8) is 0 Å². The number of pyridine rings is 1. The van der Waals surface area contributed by atoms with Crippen LogP contribution in [0.15, 0.2) is 36.4 Å². The third kappa shape index (κ3) is 3.38. The number of anilines is 1. The van der Waals surface area contributed by atoms with Crippen molar-refractivity contribution in [2.24, 2.45) is 0 Å². The fourth-order valence-electron chi connectivity index (χ4n) is 4.36. The van der Waals surface area contributed by atoms with Crippen LogP contribution in [0.3, 0.4) is 0 Å². The average Bonchev–Trinajstić information content (AvgIpc) is 3.14. The number of halogens is 1. The molecule has 2 aromatic heterocycles. The van der Waals surface area contributed by atoms with Gasteiger partial charge in [0, 0.05) is 29.9 Å². The van der Waals surface area contributed by atoms with Crippen molar-refractivity contribution in [3.05, 3.63) is 58.5 Å². The van der Waals surface area contributed by atoms with E-state index in [2.05, 4.69) is 20.5 Å². The molecule has 1 aliphatic rings. The number of nitrogens with zero attached hydrogens (tertiary/aromatic N) is 4. The molecule has 4 aromatic rings. The van der Waals surface area contributed by atoms with Gasteiger partial charge in [0.05, 0.1) is 47.6 Å². The lowest BCUT2D eigenvalue weighted by atomic mass is 10.1. The normalized spacial score (nSPS) is 14.3. The third-order valence-electron chi connectivity index (χ3n) is 5.83. The van der Waals surface area contributed by atoms with Crippen molar-refractivity contribution in [2.75, 3.05) is 38.3 Å². The van der Waals surface area contributed by atoms with Gasteiger partial charge in [0.25, 0.3) is 0 Å². The summed E-state index contributed by atoms with van der Waals surface area (Å²) in [6, 6.07) is 11.7. The largest absolute Gasteiger partial charge is 0.465 e. The minimum Gasteiger partial charge on any atom is -0.465 e. The van der Waals surface area contributed by atoms with Crippen LogP contribution in [-0.4, -0.2) is 53.9 Å². The minimum absolute atomic E-state index is 0.409. The third-order valence-corrected chi connectivity index (χ3v) is 6.14. The zero-order valence-corrected chi connectivity index (χ0v) is 18.9. The monoisotopic (exact) mass is 450 g/mol. The first kappa shape index (κ1) is 20.7. The van der Waals surface area contributed by atoms with Crippen molar-refractivity contribution in [3.8, 4) is 5.69 Å². The molecule has 0 N–H and O–H groups in total. The Morgan fingerprint density at radius 1 is 1.09 bits per heavy atom. The summed E-state index contributed by atoms with van der Waals surface area (Å²) in [7, 11) is 1.39. The number of para-hydroxylation sites is 1. The number of hydrogen-bond acceptors (Lipinski definition) is 6. The highest BCUT2D eigenvalue weighted by Crippen LogP contribution is 2.34. The van der Waals surface area contributed by atoms with E-state index in [1.165, 1.54) is 7.11 Å². The fraction of sp³-hybridized carbons (Fsp3) is 0.292. The highest BCUT2D eigenvalue weighted by atomic mass is 35.5. The molecule has 0 radical (unpaired) electrons. The number of rotatable bonds is 3. The Bertz CT molecular complexity index is 1360. The van der Waals surface area contributed by atoms with Gasteiger partial charge in [0.2, 0.25) is 0 Å². The second-order valence-electron chi connectivity index (χ2n) is 7.87. The van der Waals surface area contributed by atoms with Crippen LogP contribution in [0, 0.1) is 13.8 Å². The average molecular weight is 451 g/mol. The summed E-state index contributed by atoms with van der Waals surface area (Å²) >= 11 is 6.47. The molecule has 32 heavy (non-hydrogen) atoms. The number of morpholine rings is 1. The zero-order chi connectivity index (χ0) is 22.4. The molecule has 1 fully saturated rings. The number of aryl methyl sites for hydroxylation is 2. The van der Waals surface area contributed by atoms with Crippen molar-refractivity contribution in [1.29, 1.82) is 0 Å². The lowest BCUT2D eigenvalue weighted by Crippen LogP contribution is -2.36. The number of imidazole rings is 1. The molecule has 1 saturated heterocycles. The molecule has 3 heterocycles. The van der Waals surface area contributed by atoms with E-state index >= 15 is 0 Å². The standard InChI is InChI=1S/C24H23ClN4O3/c1-14-11-20(17-5-4-6-19(25)22(17)26-14)29-15(2)27-23-18(24(30)31-3)12-16(13-21(23)29)28-7-9-32-10-8-28/h4-6,11-13H,7-10H2,1-3H3. The molecular formula is C24H23ClN4O3. The minimum atomic E-state index is -0.409. The molecule has 5 rings (SSSR count). The highest BCUT2D eigenvalue weighted by molar-refractivity contribution is 6.35. The van der Waals surface area contributed by atoms with E-state index in [0.717, 1.165) is 52.4 Å². The van der Waals surface area contributed by atoms with Crippen LogP contribution in [0.2, 0.25) is 5.02 Å². The Balaban J connectivity index is 1.83. The first-order valence-corrected chi connectivity index (χ1v) is 10.9. The van der Waals surface area contributed by atoms with Gasteiger partial charge in [-0.05, 0) is 38.1 Å². The summed E-state index contributed by atoms with van der Waals surface area (Å²) < 4.78 is 12.7. The number of fused-ring (bicyclic) bond motifs is 2. The maximum atomic E-state index is 12.7. The topological polar surface area (TPSA) is 69.5 Å². The van der Waals surface area contributed by atoms with Gasteiger partial charge in [-0.15, -0.1) is 0 Å². The molecule has 7 nitrogen and oxygen atoms in total. The van der Waals surface area contributed by atoms with Crippen LogP contribution in [0.1, 0.15) is 21.9 Å². The quantitative estimate of drug-likeness (QED) is 0.429. The van der Waals surface area contributed by atoms with E-state index in [1.54, 1.807) is 0 Å². The number of carbonyl (C=O) groups is 1. The number of hydrogen-bond donors (Lipinski definition) is 0. The predicted molar refractivity (Wildman–Crippen MR) is 125 cm³/mol. The molecule has 0 aliphatic carbocycles. The summed E-state index contributed by atoms with van der Waals surface area (Å²) in [6.07, 6.45) is 0. The Hall–Kier alpha value is -3.16. The fourth-order valence-corrected chi connectivity index (χ4v) is 4.57. The molecular weight excluding hydrogens is 428 g/mol. The number of methoxy groups -OCH3 is 1. The van der Waals surface area contributed by atoms with Crippen LogP contribution in [0.5, 0.6) is 0 Å². The number of aromatic nitrogens is 3. The molecule has 0 spiro atoms. The molecule has 0 amide bonds. The smallest absolute Gasteiger partial charge is 0.340 e. The van der Waals surface area contributed by atoms with Crippen molar-refractivity contribution >= 4 is 45.2 Å². The Kier molecular flexibility index (Phi) is 5.23. The summed E-state index contributed by atoms with van der Waals surface area (Å²) in [5.74, 6) is 0.352. The maximum Gasteiger partial charge on any atom is 0.340 e. The maximum absolute atomic E-state index is 12.7. The number of benzene rings is 2. The second-order valence-corrected chi connectivity index (χ2v) is 8.27. The van der Waals surface area contributed by atoms with Crippen LogP contribution in [-0.2, 0) is 9.47 Å². The van der Waals surface area contributed by atoms with E-state index < -0.39 is 5.97 Å². The summed E-state index contributed by atoms with van der Waals surface area (Å²) in [5, 5.41) is 1.51. The zero-order valence-electron chi connectivity index (χ0n) is 18.2. The van der Waals surface area contributed by atoms with E-state index in [-0.39, 0.29) is 0 Å². The highest BCUT2D eigenvalue weighted by Gasteiger charge is 2.23. The lowest BCUT2D eigenvalue weighted by molar-refractivity contribution is 0.0603. The SMILES string of the molecule is COC(=O)c1cc(N2CCOCC2)cc2c1nc(C)n2-c1cc(C)nc2c(Cl)cccc12. The molecule has 0 saturated carbocycles. The van der Waals surface area contributed by atoms with Gasteiger partial charge in [-0.1, -0.05) is 23.7 Å². The molecule has 1 aliphatic heterocycles. The van der Waals surface area contributed by atoms with Gasteiger partial charge in [-0.25, -0.2) is 9.78 Å². The van der Waals surface area contributed by atoms with Gasteiger partial charge in [0.1, 0.15) is 11.3 Å². The van der Waals surface area contributed by atoms with E-state index in [0.29, 0.717) is 29.3 Å². The van der Waals surface area contributed by atoms with Gasteiger partial charge < -0.3 is 14.4 Å². The number of esters is 1. The van der Waals surface area contributed by atoms with Crippen LogP contribution in [0.4, 0.5) is 5.69 Å². The summed E-state index contributed by atoms with van der Waals surface area (Å²) in [6.45, 7) is 6.69. The molecule has 0 atom stereocenters. The number of ether oxygens (including phenoxy) is 2. The van der Waals surface area contributed by atoms with E-state index in [9.17, 15) is 4.79 Å². The lowest BCUT2D eigenvalue weighted by Gasteiger charge is -2.29. The molecule has 0 bridgehead atoms. The Morgan fingerprint density at radius 2 is 1.88 bits per heavy atom. The van der Waals surface area contributed by atoms with E-state index in [4.69, 9.17) is 26.1 Å². The number of carbonyl (C=O) groups excluding carboxylic acids is 1. The van der Waals surface area contributed by atoms with Gasteiger partial charge in [-0.3, -0.25) is 9.55 Å². The summed E-state index contributed by atoms with van der Waals surface area (Å²) in [4.78, 5) is 24.3. The predicted octanol–water partition coefficient (Wildman–Crippen LogP) is 4.47. The van der Waals surface area contributed by atoms with Gasteiger partial charge in [0.15, 0.2) is 0 Å². The van der Waals surface area contributed by atoms with Crippen LogP contribution in [0.25, 0.3) is 27.6 Å². The molecule has 164 valence electrons.